The Bertz CT molecular complexity index is 298. The van der Waals surface area contributed by atoms with Gasteiger partial charge in [-0.25, -0.2) is 10.4 Å². The van der Waals surface area contributed by atoms with Crippen molar-refractivity contribution in [3.8, 4) is 0 Å². The molecule has 0 fully saturated rings. The highest BCUT2D eigenvalue weighted by molar-refractivity contribution is 5.76. The lowest BCUT2D eigenvalue weighted by molar-refractivity contribution is -0.108. The van der Waals surface area contributed by atoms with E-state index in [4.69, 9.17) is 0 Å². The molecular weight excluding hydrogens is 152 g/mol. The average Bonchev–Trinajstić information content (AvgIpc) is 2.17. The number of carbonyl (C=O) groups excluding carboxylic acids is 1. The minimum absolute atomic E-state index is 0.804. The molecule has 0 saturated heterocycles. The molecule has 1 aromatic carbocycles. The van der Waals surface area contributed by atoms with E-state index >= 15 is 0 Å². The number of carbonyl (C=O) groups is 1. The summed E-state index contributed by atoms with van der Waals surface area (Å²) in [6, 6.07) is 7.91. The van der Waals surface area contributed by atoms with E-state index in [1.54, 1.807) is 0 Å². The zero-order chi connectivity index (χ0) is 8.39. The summed E-state index contributed by atoms with van der Waals surface area (Å²) in [7, 11) is 0. The Morgan fingerprint density at radius 1 is 1.42 bits per heavy atom. The normalized spacial score (nSPS) is 15.5. The van der Waals surface area contributed by atoms with Crippen LogP contribution in [0.25, 0.3) is 0 Å². The summed E-state index contributed by atoms with van der Waals surface area (Å²) in [5, 5.41) is 1.53. The number of hydrogen-bond acceptors (Lipinski definition) is 2. The molecular formula is C9H10N2O. The van der Waals surface area contributed by atoms with E-state index in [-0.39, 0.29) is 0 Å². The Morgan fingerprint density at radius 3 is 3.08 bits per heavy atom. The maximum Gasteiger partial charge on any atom is 0.228 e. The third-order valence-corrected chi connectivity index (χ3v) is 2.03. The average molecular weight is 162 g/mol. The fourth-order valence-electron chi connectivity index (χ4n) is 1.45. The van der Waals surface area contributed by atoms with Gasteiger partial charge in [-0.15, -0.1) is 0 Å². The van der Waals surface area contributed by atoms with Crippen molar-refractivity contribution in [2.45, 2.75) is 6.42 Å². The monoisotopic (exact) mass is 162 g/mol. The number of hydrogen-bond donors (Lipinski definition) is 1. The fourth-order valence-corrected chi connectivity index (χ4v) is 1.45. The van der Waals surface area contributed by atoms with Crippen LogP contribution in [0.3, 0.4) is 0 Å². The highest BCUT2D eigenvalue weighted by Crippen LogP contribution is 2.20. The zero-order valence-electron chi connectivity index (χ0n) is 6.66. The number of nitrogens with one attached hydrogen (secondary N) is 1. The van der Waals surface area contributed by atoms with Crippen LogP contribution in [0.4, 0.5) is 5.69 Å². The molecule has 1 aromatic rings. The quantitative estimate of drug-likeness (QED) is 0.617. The van der Waals surface area contributed by atoms with E-state index in [2.05, 4.69) is 5.43 Å². The van der Waals surface area contributed by atoms with Gasteiger partial charge in [-0.2, -0.15) is 0 Å². The highest BCUT2D eigenvalue weighted by Gasteiger charge is 2.13. The first-order valence-electron chi connectivity index (χ1n) is 3.98. The van der Waals surface area contributed by atoms with Crippen molar-refractivity contribution in [3.05, 3.63) is 29.8 Å². The van der Waals surface area contributed by atoms with Crippen LogP contribution in [0.15, 0.2) is 24.3 Å². The van der Waals surface area contributed by atoms with Gasteiger partial charge in [-0.1, -0.05) is 18.2 Å². The number of benzene rings is 1. The Balaban J connectivity index is 2.43. The van der Waals surface area contributed by atoms with Gasteiger partial charge in [0, 0.05) is 6.54 Å². The Hall–Kier alpha value is -1.35. The molecule has 3 heteroatoms. The van der Waals surface area contributed by atoms with Crippen LogP contribution in [-0.4, -0.2) is 13.0 Å². The standard InChI is InChI=1S/C9H10N2O/c12-7-11-9-4-2-1-3-8(9)5-6-10-11/h1-4,7,10H,5-6H2. The molecule has 0 spiro atoms. The maximum atomic E-state index is 10.6. The van der Waals surface area contributed by atoms with Crippen LogP contribution < -0.4 is 10.4 Å². The summed E-state index contributed by atoms with van der Waals surface area (Å²) in [6.45, 7) is 0.829. The molecule has 0 saturated carbocycles. The third kappa shape index (κ3) is 1.08. The van der Waals surface area contributed by atoms with E-state index in [9.17, 15) is 4.79 Å². The molecule has 2 rings (SSSR count). The Morgan fingerprint density at radius 2 is 2.25 bits per heavy atom. The lowest BCUT2D eigenvalue weighted by atomic mass is 10.1. The first kappa shape index (κ1) is 7.31. The van der Waals surface area contributed by atoms with Gasteiger partial charge in [0.25, 0.3) is 0 Å². The second kappa shape index (κ2) is 2.95. The largest absolute Gasteiger partial charge is 0.277 e. The van der Waals surface area contributed by atoms with E-state index < -0.39 is 0 Å². The van der Waals surface area contributed by atoms with Crippen molar-refractivity contribution in [1.29, 1.82) is 0 Å². The zero-order valence-corrected chi connectivity index (χ0v) is 6.66. The number of anilines is 1. The molecule has 1 aliphatic rings. The summed E-state index contributed by atoms with van der Waals surface area (Å²) in [4.78, 5) is 10.6. The molecule has 0 aromatic heterocycles. The van der Waals surface area contributed by atoms with Crippen LogP contribution in [0, 0.1) is 0 Å². The van der Waals surface area contributed by atoms with Crippen molar-refractivity contribution in [1.82, 2.24) is 5.43 Å². The van der Waals surface area contributed by atoms with E-state index in [0.717, 1.165) is 25.1 Å². The summed E-state index contributed by atoms with van der Waals surface area (Å²) < 4.78 is 0. The summed E-state index contributed by atoms with van der Waals surface area (Å²) >= 11 is 0. The highest BCUT2D eigenvalue weighted by atomic mass is 16.1. The van der Waals surface area contributed by atoms with Crippen molar-refractivity contribution < 1.29 is 4.79 Å². The Kier molecular flexibility index (Phi) is 1.80. The second-order valence-corrected chi connectivity index (χ2v) is 2.76. The molecule has 1 N–H and O–H groups in total. The number of fused-ring (bicyclic) bond motifs is 1. The molecule has 0 bridgehead atoms. The Labute approximate surface area is 71.0 Å². The molecule has 1 amide bonds. The summed E-state index contributed by atoms with van der Waals surface area (Å²) in [6.07, 6.45) is 1.79. The lowest BCUT2D eigenvalue weighted by Gasteiger charge is -2.26. The van der Waals surface area contributed by atoms with Crippen molar-refractivity contribution in [2.24, 2.45) is 0 Å². The van der Waals surface area contributed by atoms with Crippen LogP contribution >= 0.6 is 0 Å². The first-order valence-corrected chi connectivity index (χ1v) is 3.98. The van der Waals surface area contributed by atoms with Gasteiger partial charge in [0.1, 0.15) is 0 Å². The predicted molar refractivity (Wildman–Crippen MR) is 46.7 cm³/mol. The fraction of sp³-hybridized carbons (Fsp3) is 0.222. The first-order chi connectivity index (χ1) is 5.92. The topological polar surface area (TPSA) is 32.3 Å². The summed E-state index contributed by atoms with van der Waals surface area (Å²) in [5.41, 5.74) is 5.19. The molecule has 0 aliphatic carbocycles. The molecule has 3 nitrogen and oxygen atoms in total. The minimum Gasteiger partial charge on any atom is -0.277 e. The molecule has 0 atom stereocenters. The van der Waals surface area contributed by atoms with E-state index in [1.165, 1.54) is 10.6 Å². The lowest BCUT2D eigenvalue weighted by Crippen LogP contribution is -2.42. The third-order valence-electron chi connectivity index (χ3n) is 2.03. The molecule has 1 heterocycles. The number of amides is 1. The smallest absolute Gasteiger partial charge is 0.228 e. The van der Waals surface area contributed by atoms with Crippen molar-refractivity contribution in [3.63, 3.8) is 0 Å². The number of rotatable bonds is 1. The van der Waals surface area contributed by atoms with E-state index in [0.29, 0.717) is 0 Å². The van der Waals surface area contributed by atoms with Crippen LogP contribution in [0.5, 0.6) is 0 Å². The van der Waals surface area contributed by atoms with E-state index in [1.807, 2.05) is 24.3 Å². The predicted octanol–water partition coefficient (Wildman–Crippen LogP) is 0.710. The summed E-state index contributed by atoms with van der Waals surface area (Å²) in [5.74, 6) is 0. The minimum atomic E-state index is 0.804. The van der Waals surface area contributed by atoms with Crippen molar-refractivity contribution >= 4 is 12.1 Å². The number of nitrogens with zero attached hydrogens (tertiary/aromatic N) is 1. The van der Waals surface area contributed by atoms with Gasteiger partial charge < -0.3 is 0 Å². The molecule has 0 radical (unpaired) electrons. The molecule has 0 unspecified atom stereocenters. The number of para-hydroxylation sites is 1. The van der Waals surface area contributed by atoms with Gasteiger partial charge in [-0.3, -0.25) is 4.79 Å². The van der Waals surface area contributed by atoms with Crippen molar-refractivity contribution in [2.75, 3.05) is 11.6 Å². The maximum absolute atomic E-state index is 10.6. The van der Waals surface area contributed by atoms with Crippen LogP contribution in [-0.2, 0) is 11.2 Å². The molecule has 62 valence electrons. The second-order valence-electron chi connectivity index (χ2n) is 2.76. The van der Waals surface area contributed by atoms with Crippen LogP contribution in [0.2, 0.25) is 0 Å². The van der Waals surface area contributed by atoms with Gasteiger partial charge in [-0.05, 0) is 18.1 Å². The van der Waals surface area contributed by atoms with Gasteiger partial charge in [0.15, 0.2) is 0 Å². The van der Waals surface area contributed by atoms with Gasteiger partial charge >= 0.3 is 0 Å². The van der Waals surface area contributed by atoms with Crippen LogP contribution in [0.1, 0.15) is 5.56 Å². The molecule has 1 aliphatic heterocycles. The molecule has 12 heavy (non-hydrogen) atoms. The van der Waals surface area contributed by atoms with Gasteiger partial charge in [0.05, 0.1) is 5.69 Å². The number of hydrazine groups is 1. The van der Waals surface area contributed by atoms with Gasteiger partial charge in [0.2, 0.25) is 6.41 Å². The SMILES string of the molecule is O=CN1NCCc2ccccc21.